The van der Waals surface area contributed by atoms with E-state index in [1.54, 1.807) is 4.90 Å². The molecule has 0 aliphatic carbocycles. The van der Waals surface area contributed by atoms with Crippen molar-refractivity contribution in [3.63, 3.8) is 0 Å². The topological polar surface area (TPSA) is 62.0 Å². The second-order valence-electron chi connectivity index (χ2n) is 5.29. The number of nitrogens with two attached hydrogens (primary N) is 1. The van der Waals surface area contributed by atoms with Crippen molar-refractivity contribution in [2.24, 2.45) is 5.73 Å². The van der Waals surface area contributed by atoms with E-state index in [4.69, 9.17) is 10.5 Å². The number of carbonyl (C=O) groups excluding carboxylic acids is 1. The van der Waals surface area contributed by atoms with Crippen LogP contribution in [0.5, 0.6) is 0 Å². The minimum Gasteiger partial charge on any atom is -0.379 e. The number of rotatable bonds is 8. The average molecular weight is 272 g/mol. The Morgan fingerprint density at radius 3 is 2.37 bits per heavy atom. The monoisotopic (exact) mass is 272 g/mol. The molecule has 0 radical (unpaired) electrons. The summed E-state index contributed by atoms with van der Waals surface area (Å²) < 4.78 is 5.31. The Labute approximate surface area is 116 Å². The van der Waals surface area contributed by atoms with E-state index >= 15 is 0 Å². The molecule has 0 aromatic carbocycles. The molecule has 1 rings (SSSR count). The molecule has 0 saturated carbocycles. The van der Waals surface area contributed by atoms with Crippen LogP contribution in [0.15, 0.2) is 0 Å². The van der Waals surface area contributed by atoms with Crippen molar-refractivity contribution in [1.82, 2.24) is 14.7 Å². The Morgan fingerprint density at radius 1 is 1.16 bits per heavy atom. The predicted octanol–water partition coefficient (Wildman–Crippen LogP) is 0.0411. The van der Waals surface area contributed by atoms with E-state index in [0.29, 0.717) is 0 Å². The van der Waals surface area contributed by atoms with Gasteiger partial charge in [0.25, 0.3) is 0 Å². The van der Waals surface area contributed by atoms with Crippen molar-refractivity contribution >= 4 is 6.03 Å². The summed E-state index contributed by atoms with van der Waals surface area (Å²) in [5.41, 5.74) is 5.41. The lowest BCUT2D eigenvalue weighted by Crippen LogP contribution is -2.41. The summed E-state index contributed by atoms with van der Waals surface area (Å²) in [6, 6.07) is -0.305. The molecule has 1 heterocycles. The Kier molecular flexibility index (Phi) is 7.78. The summed E-state index contributed by atoms with van der Waals surface area (Å²) in [5.74, 6) is 0. The van der Waals surface area contributed by atoms with Crippen molar-refractivity contribution in [3.8, 4) is 0 Å². The first-order chi connectivity index (χ1) is 9.09. The summed E-state index contributed by atoms with van der Waals surface area (Å²) in [6.07, 6.45) is 1.94. The number of urea groups is 1. The van der Waals surface area contributed by atoms with Gasteiger partial charge in [-0.15, -0.1) is 0 Å². The lowest BCUT2D eigenvalue weighted by Gasteiger charge is -2.28. The Bertz CT molecular complexity index is 255. The van der Waals surface area contributed by atoms with E-state index in [-0.39, 0.29) is 6.03 Å². The molecule has 19 heavy (non-hydrogen) atoms. The molecule has 0 aromatic heterocycles. The Balaban J connectivity index is 2.15. The number of carbonyl (C=O) groups is 1. The van der Waals surface area contributed by atoms with Gasteiger partial charge < -0.3 is 20.3 Å². The molecule has 112 valence electrons. The number of hydrogen-bond donors (Lipinski definition) is 1. The molecule has 0 spiro atoms. The van der Waals surface area contributed by atoms with Gasteiger partial charge in [0.1, 0.15) is 0 Å². The Hall–Kier alpha value is -0.850. The smallest absolute Gasteiger partial charge is 0.314 e. The van der Waals surface area contributed by atoms with Gasteiger partial charge >= 0.3 is 6.03 Å². The highest BCUT2D eigenvalue weighted by molar-refractivity contribution is 5.71. The summed E-state index contributed by atoms with van der Waals surface area (Å²) in [6.45, 7) is 7.13. The average Bonchev–Trinajstić information content (AvgIpc) is 2.37. The van der Waals surface area contributed by atoms with Crippen molar-refractivity contribution in [2.45, 2.75) is 12.8 Å². The van der Waals surface area contributed by atoms with Gasteiger partial charge in [0, 0.05) is 32.7 Å². The highest BCUT2D eigenvalue weighted by Gasteiger charge is 2.12. The van der Waals surface area contributed by atoms with Gasteiger partial charge in [-0.05, 0) is 33.5 Å². The van der Waals surface area contributed by atoms with Crippen molar-refractivity contribution in [1.29, 1.82) is 0 Å². The second-order valence-corrected chi connectivity index (χ2v) is 5.29. The first-order valence-corrected chi connectivity index (χ1v) is 7.09. The van der Waals surface area contributed by atoms with Crippen LogP contribution >= 0.6 is 0 Å². The summed E-state index contributed by atoms with van der Waals surface area (Å²) in [4.78, 5) is 17.6. The van der Waals surface area contributed by atoms with Gasteiger partial charge in [0.15, 0.2) is 0 Å². The lowest BCUT2D eigenvalue weighted by atomic mass is 10.3. The molecule has 1 fully saturated rings. The van der Waals surface area contributed by atoms with E-state index in [0.717, 1.165) is 65.3 Å². The molecular formula is C13H28N4O2. The van der Waals surface area contributed by atoms with Crippen LogP contribution in [0.1, 0.15) is 12.8 Å². The predicted molar refractivity (Wildman–Crippen MR) is 76.2 cm³/mol. The van der Waals surface area contributed by atoms with Crippen LogP contribution in [-0.4, -0.2) is 87.3 Å². The SMILES string of the molecule is CN(C)CCCN(CCCN1CCOCC1)C(N)=O. The standard InChI is InChI=1S/C13H28N4O2/c1-15(2)5-3-7-17(13(14)18)8-4-6-16-9-11-19-12-10-16/h3-12H2,1-2H3,(H2,14,18). The van der Waals surface area contributed by atoms with E-state index in [1.807, 2.05) is 14.1 Å². The molecule has 1 aliphatic rings. The van der Waals surface area contributed by atoms with E-state index in [9.17, 15) is 4.79 Å². The van der Waals surface area contributed by atoms with Gasteiger partial charge in [0.2, 0.25) is 0 Å². The maximum atomic E-state index is 11.4. The van der Waals surface area contributed by atoms with Gasteiger partial charge in [-0.25, -0.2) is 4.79 Å². The van der Waals surface area contributed by atoms with Crippen molar-refractivity contribution in [3.05, 3.63) is 0 Å². The second kappa shape index (κ2) is 9.12. The van der Waals surface area contributed by atoms with E-state index < -0.39 is 0 Å². The fourth-order valence-corrected chi connectivity index (χ4v) is 2.22. The Morgan fingerprint density at radius 2 is 1.79 bits per heavy atom. The van der Waals surface area contributed by atoms with Crippen LogP contribution < -0.4 is 5.73 Å². The zero-order valence-electron chi connectivity index (χ0n) is 12.3. The number of hydrogen-bond acceptors (Lipinski definition) is 4. The van der Waals surface area contributed by atoms with Crippen LogP contribution in [0, 0.1) is 0 Å². The number of morpholine rings is 1. The molecule has 0 bridgehead atoms. The maximum Gasteiger partial charge on any atom is 0.314 e. The fourth-order valence-electron chi connectivity index (χ4n) is 2.22. The quantitative estimate of drug-likeness (QED) is 0.678. The summed E-state index contributed by atoms with van der Waals surface area (Å²) in [5, 5.41) is 0. The zero-order valence-corrected chi connectivity index (χ0v) is 12.3. The molecule has 0 unspecified atom stereocenters. The van der Waals surface area contributed by atoms with E-state index in [1.165, 1.54) is 0 Å². The van der Waals surface area contributed by atoms with Crippen molar-refractivity contribution in [2.75, 3.05) is 66.6 Å². The minimum atomic E-state index is -0.305. The normalized spacial score (nSPS) is 16.8. The summed E-state index contributed by atoms with van der Waals surface area (Å²) >= 11 is 0. The van der Waals surface area contributed by atoms with Crippen LogP contribution in [0.25, 0.3) is 0 Å². The number of ether oxygens (including phenoxy) is 1. The zero-order chi connectivity index (χ0) is 14.1. The molecule has 0 aromatic rings. The molecule has 6 nitrogen and oxygen atoms in total. The third-order valence-electron chi connectivity index (χ3n) is 3.35. The van der Waals surface area contributed by atoms with Crippen LogP contribution in [-0.2, 0) is 4.74 Å². The number of nitrogens with zero attached hydrogens (tertiary/aromatic N) is 3. The van der Waals surface area contributed by atoms with Gasteiger partial charge in [0.05, 0.1) is 13.2 Å². The first kappa shape index (κ1) is 16.2. The first-order valence-electron chi connectivity index (χ1n) is 7.09. The van der Waals surface area contributed by atoms with Gasteiger partial charge in [-0.1, -0.05) is 0 Å². The maximum absolute atomic E-state index is 11.4. The van der Waals surface area contributed by atoms with Crippen LogP contribution in [0.4, 0.5) is 4.79 Å². The highest BCUT2D eigenvalue weighted by Crippen LogP contribution is 2.00. The van der Waals surface area contributed by atoms with Gasteiger partial charge in [-0.3, -0.25) is 4.90 Å². The molecule has 0 atom stereocenters. The molecule has 2 N–H and O–H groups in total. The molecule has 2 amide bonds. The molecule has 6 heteroatoms. The molecule has 1 saturated heterocycles. The van der Waals surface area contributed by atoms with Gasteiger partial charge in [-0.2, -0.15) is 0 Å². The molecular weight excluding hydrogens is 244 g/mol. The van der Waals surface area contributed by atoms with Crippen LogP contribution in [0.3, 0.4) is 0 Å². The van der Waals surface area contributed by atoms with Crippen molar-refractivity contribution < 1.29 is 9.53 Å². The largest absolute Gasteiger partial charge is 0.379 e. The number of primary amides is 1. The fraction of sp³-hybridized carbons (Fsp3) is 0.923. The minimum absolute atomic E-state index is 0.305. The lowest BCUT2D eigenvalue weighted by molar-refractivity contribution is 0.0365. The third-order valence-corrected chi connectivity index (χ3v) is 3.35. The highest BCUT2D eigenvalue weighted by atomic mass is 16.5. The van der Waals surface area contributed by atoms with Crippen LogP contribution in [0.2, 0.25) is 0 Å². The van der Waals surface area contributed by atoms with E-state index in [2.05, 4.69) is 9.80 Å². The number of amides is 2. The third kappa shape index (κ3) is 7.34. The molecule has 1 aliphatic heterocycles. The summed E-state index contributed by atoms with van der Waals surface area (Å²) in [7, 11) is 4.07.